The number of nitrogens with zero attached hydrogens (tertiary/aromatic N) is 6. The van der Waals surface area contributed by atoms with Crippen LogP contribution >= 0.6 is 30.3 Å². The number of hydrogen-bond donors (Lipinski definition) is 0. The first kappa shape index (κ1) is 18.3. The molecular formula is C16H19IN6OS. The molecule has 0 saturated carbocycles. The summed E-state index contributed by atoms with van der Waals surface area (Å²) in [5.41, 5.74) is 0.886. The van der Waals surface area contributed by atoms with Crippen LogP contribution in [-0.2, 0) is 4.79 Å². The molecule has 3 heterocycles. The Bertz CT molecular complexity index is 819. The summed E-state index contributed by atoms with van der Waals surface area (Å²) in [5.74, 6) is 1.22. The zero-order valence-electron chi connectivity index (χ0n) is 14.1. The average molecular weight is 470 g/mol. The van der Waals surface area contributed by atoms with Gasteiger partial charge in [-0.1, -0.05) is 6.92 Å². The van der Waals surface area contributed by atoms with Gasteiger partial charge in [-0.2, -0.15) is 5.26 Å². The highest BCUT2D eigenvalue weighted by molar-refractivity contribution is 14.2. The van der Waals surface area contributed by atoms with Crippen molar-refractivity contribution in [1.29, 1.82) is 5.26 Å². The number of rotatable bonds is 4. The van der Waals surface area contributed by atoms with Crippen LogP contribution in [0.3, 0.4) is 0 Å². The fourth-order valence-electron chi connectivity index (χ4n) is 3.37. The molecule has 1 aliphatic heterocycles. The number of halogens is 1. The van der Waals surface area contributed by atoms with Gasteiger partial charge in [0, 0.05) is 56.7 Å². The molecule has 7 nitrogen and oxygen atoms in total. The smallest absolute Gasteiger partial charge is 0.236 e. The van der Waals surface area contributed by atoms with E-state index in [1.165, 1.54) is 0 Å². The van der Waals surface area contributed by atoms with Gasteiger partial charge in [0.25, 0.3) is 0 Å². The van der Waals surface area contributed by atoms with Crippen LogP contribution < -0.4 is 4.90 Å². The summed E-state index contributed by atoms with van der Waals surface area (Å²) in [6, 6.07) is 4.14. The maximum Gasteiger partial charge on any atom is 0.236 e. The van der Waals surface area contributed by atoms with Crippen molar-refractivity contribution in [2.75, 3.05) is 25.0 Å². The van der Waals surface area contributed by atoms with Crippen LogP contribution in [0.25, 0.3) is 11.0 Å². The molecule has 1 fully saturated rings. The number of amides is 1. The Balaban J connectivity index is 1.89. The Morgan fingerprint density at radius 2 is 2.36 bits per heavy atom. The number of anilines is 1. The number of nitriles is 1. The summed E-state index contributed by atoms with van der Waals surface area (Å²) in [7, 11) is 3.59. The molecule has 1 saturated heterocycles. The molecule has 132 valence electrons. The predicted octanol–water partition coefficient (Wildman–Crippen LogP) is 2.86. The van der Waals surface area contributed by atoms with Crippen LogP contribution in [-0.4, -0.2) is 50.9 Å². The molecule has 0 radical (unpaired) electrons. The minimum Gasteiger partial charge on any atom is -0.354 e. The summed E-state index contributed by atoms with van der Waals surface area (Å²) in [5, 5.41) is 9.79. The number of hydrogen-bond acceptors (Lipinski definition) is 6. The van der Waals surface area contributed by atoms with Crippen molar-refractivity contribution in [2.24, 2.45) is 5.92 Å². The van der Waals surface area contributed by atoms with Crippen LogP contribution in [0.4, 0.5) is 5.82 Å². The molecule has 3 rings (SSSR count). The summed E-state index contributed by atoms with van der Waals surface area (Å²) >= 11 is 2.23. The van der Waals surface area contributed by atoms with Gasteiger partial charge < -0.3 is 9.80 Å². The molecule has 0 bridgehead atoms. The molecule has 0 spiro atoms. The van der Waals surface area contributed by atoms with E-state index in [-0.39, 0.29) is 18.4 Å². The predicted molar refractivity (Wildman–Crippen MR) is 107 cm³/mol. The molecule has 0 N–H and O–H groups in total. The lowest BCUT2D eigenvalue weighted by Gasteiger charge is -2.42. The highest BCUT2D eigenvalue weighted by Gasteiger charge is 2.32. The third-order valence-electron chi connectivity index (χ3n) is 4.83. The minimum atomic E-state index is -0.0897. The fraction of sp³-hybridized carbons (Fsp3) is 0.500. The quantitative estimate of drug-likeness (QED) is 0.640. The zero-order valence-corrected chi connectivity index (χ0v) is 17.1. The largest absolute Gasteiger partial charge is 0.354 e. The van der Waals surface area contributed by atoms with Crippen molar-refractivity contribution in [3.8, 4) is 6.07 Å². The van der Waals surface area contributed by atoms with Crippen molar-refractivity contribution < 1.29 is 4.79 Å². The van der Waals surface area contributed by atoms with Gasteiger partial charge in [0.2, 0.25) is 5.91 Å². The number of carbonyl (C=O) groups excluding carboxylic acids is 1. The van der Waals surface area contributed by atoms with Crippen molar-refractivity contribution >= 4 is 53.1 Å². The van der Waals surface area contributed by atoms with Crippen molar-refractivity contribution in [3.05, 3.63) is 18.6 Å². The van der Waals surface area contributed by atoms with Gasteiger partial charge in [0.15, 0.2) is 5.65 Å². The summed E-state index contributed by atoms with van der Waals surface area (Å²) in [6.45, 7) is 3.54. The molecule has 25 heavy (non-hydrogen) atoms. The molecule has 9 heteroatoms. The first-order valence-corrected chi connectivity index (χ1v) is 11.4. The monoisotopic (exact) mass is 470 g/mol. The maximum atomic E-state index is 12.1. The van der Waals surface area contributed by atoms with E-state index in [1.54, 1.807) is 20.3 Å². The van der Waals surface area contributed by atoms with E-state index in [1.807, 2.05) is 29.4 Å². The van der Waals surface area contributed by atoms with Gasteiger partial charge in [-0.15, -0.1) is 0 Å². The van der Waals surface area contributed by atoms with Crippen molar-refractivity contribution in [2.45, 2.75) is 25.8 Å². The van der Waals surface area contributed by atoms with E-state index < -0.39 is 0 Å². The van der Waals surface area contributed by atoms with E-state index in [9.17, 15) is 4.79 Å². The second-order valence-corrected chi connectivity index (χ2v) is 7.98. The molecule has 0 aromatic carbocycles. The number of likely N-dealkylation sites (tertiary alicyclic amines) is 1. The molecule has 2 atom stereocenters. The van der Waals surface area contributed by atoms with Gasteiger partial charge in [0.1, 0.15) is 18.6 Å². The average Bonchev–Trinajstić information content (AvgIpc) is 3.05. The van der Waals surface area contributed by atoms with E-state index in [0.29, 0.717) is 19.0 Å². The Morgan fingerprint density at radius 1 is 1.56 bits per heavy atom. The van der Waals surface area contributed by atoms with Crippen LogP contribution in [0.5, 0.6) is 0 Å². The second-order valence-electron chi connectivity index (χ2n) is 6.26. The third-order valence-corrected chi connectivity index (χ3v) is 6.55. The third kappa shape index (κ3) is 3.55. The van der Waals surface area contributed by atoms with Crippen LogP contribution in [0.2, 0.25) is 0 Å². The maximum absolute atomic E-state index is 12.1. The standard InChI is InChI=1S/C16H19IN6OS/c1-11-4-7-22(14(24)3-6-18)9-13(11)21(2)15-12-5-8-23(25-17)16(12)20-10-19-15/h5,8,10-11,13H,3-4,7,9H2,1-2H3/t11-,13+/m1/s1. The molecule has 1 amide bonds. The SMILES string of the molecule is C[C@@H]1CCN(C(=O)CC#N)C[C@@H]1N(C)c1ncnc2c1ccn2SI. The van der Waals surface area contributed by atoms with E-state index in [2.05, 4.69) is 43.0 Å². The topological polar surface area (TPSA) is 78.1 Å². The Labute approximate surface area is 163 Å². The van der Waals surface area contributed by atoms with E-state index >= 15 is 0 Å². The second kappa shape index (κ2) is 7.78. The molecule has 2 aromatic rings. The highest BCUT2D eigenvalue weighted by atomic mass is 127. The van der Waals surface area contributed by atoms with E-state index in [0.717, 1.165) is 23.3 Å². The first-order chi connectivity index (χ1) is 12.1. The summed E-state index contributed by atoms with van der Waals surface area (Å²) < 4.78 is 2.00. The number of fused-ring (bicyclic) bond motifs is 1. The zero-order chi connectivity index (χ0) is 18.0. The number of piperidine rings is 1. The summed E-state index contributed by atoms with van der Waals surface area (Å²) in [4.78, 5) is 25.0. The van der Waals surface area contributed by atoms with Gasteiger partial charge in [-0.3, -0.25) is 8.77 Å². The Hall–Kier alpha value is -1.54. The minimum absolute atomic E-state index is 0.0572. The molecule has 0 unspecified atom stereocenters. The normalized spacial score (nSPS) is 20.5. The van der Waals surface area contributed by atoms with Crippen LogP contribution in [0.15, 0.2) is 18.6 Å². The Kier molecular flexibility index (Phi) is 5.68. The lowest BCUT2D eigenvalue weighted by molar-refractivity contribution is -0.131. The lowest BCUT2D eigenvalue weighted by Crippen LogP contribution is -2.52. The molecule has 0 aliphatic carbocycles. The van der Waals surface area contributed by atoms with Crippen molar-refractivity contribution in [3.63, 3.8) is 0 Å². The highest BCUT2D eigenvalue weighted by Crippen LogP contribution is 2.31. The number of carbonyl (C=O) groups is 1. The lowest BCUT2D eigenvalue weighted by atomic mass is 9.92. The fourth-order valence-corrected chi connectivity index (χ4v) is 4.64. The van der Waals surface area contributed by atoms with Crippen molar-refractivity contribution in [1.82, 2.24) is 18.8 Å². The molecule has 2 aromatic heterocycles. The molecule has 1 aliphatic rings. The van der Waals surface area contributed by atoms with E-state index in [4.69, 9.17) is 5.26 Å². The van der Waals surface area contributed by atoms with Gasteiger partial charge in [-0.05, 0) is 18.4 Å². The number of aromatic nitrogens is 3. The van der Waals surface area contributed by atoms with Crippen LogP contribution in [0.1, 0.15) is 19.8 Å². The Morgan fingerprint density at radius 3 is 3.08 bits per heavy atom. The van der Waals surface area contributed by atoms with Crippen LogP contribution in [0, 0.1) is 17.2 Å². The number of likely N-dealkylation sites (N-methyl/N-ethyl adjacent to an activating group) is 1. The first-order valence-electron chi connectivity index (χ1n) is 8.05. The molecular weight excluding hydrogens is 451 g/mol. The van der Waals surface area contributed by atoms with Gasteiger partial charge in [-0.25, -0.2) is 9.97 Å². The van der Waals surface area contributed by atoms with Gasteiger partial charge in [0.05, 0.1) is 17.5 Å². The summed E-state index contributed by atoms with van der Waals surface area (Å²) in [6.07, 6.45) is 4.44. The van der Waals surface area contributed by atoms with Gasteiger partial charge >= 0.3 is 0 Å².